The van der Waals surface area contributed by atoms with Gasteiger partial charge in [-0.3, -0.25) is 0 Å². The Bertz CT molecular complexity index is 298. The quantitative estimate of drug-likeness (QED) is 0.502. The highest BCUT2D eigenvalue weighted by atomic mass is 14.0. The largest absolute Gasteiger partial charge is 0.0988 e. The van der Waals surface area contributed by atoms with Gasteiger partial charge in [0.15, 0.2) is 0 Å². The fourth-order valence-corrected chi connectivity index (χ4v) is 1.39. The second-order valence-corrected chi connectivity index (χ2v) is 3.65. The molecule has 0 aromatic rings. The second kappa shape index (κ2) is 10.2. The summed E-state index contributed by atoms with van der Waals surface area (Å²) in [4.78, 5) is 0. The standard InChI is InChI=1S/C16H24/c1-5-9-12-16(13-10-6-2)14-15(8-4)11-7-3/h5,8-13H,4,6-7,14H2,1-3H3/b9-5-,13-10-,15-11+,16-12+. The average Bonchev–Trinajstić information content (AvgIpc) is 2.31. The summed E-state index contributed by atoms with van der Waals surface area (Å²) in [6.45, 7) is 10.2. The summed E-state index contributed by atoms with van der Waals surface area (Å²) in [6, 6.07) is 0. The van der Waals surface area contributed by atoms with Crippen molar-refractivity contribution in [1.29, 1.82) is 0 Å². The van der Waals surface area contributed by atoms with E-state index in [1.807, 2.05) is 13.0 Å². The van der Waals surface area contributed by atoms with Crippen LogP contribution >= 0.6 is 0 Å². The third-order valence-electron chi connectivity index (χ3n) is 2.21. The molecule has 0 aliphatic carbocycles. The van der Waals surface area contributed by atoms with Crippen LogP contribution in [0.3, 0.4) is 0 Å². The van der Waals surface area contributed by atoms with Gasteiger partial charge in [0.2, 0.25) is 0 Å². The summed E-state index contributed by atoms with van der Waals surface area (Å²) in [5, 5.41) is 0. The molecule has 0 radical (unpaired) electrons. The fourth-order valence-electron chi connectivity index (χ4n) is 1.39. The zero-order valence-corrected chi connectivity index (χ0v) is 10.9. The zero-order valence-electron chi connectivity index (χ0n) is 10.9. The Morgan fingerprint density at radius 3 is 2.38 bits per heavy atom. The Labute approximate surface area is 101 Å². The van der Waals surface area contributed by atoms with Crippen LogP contribution in [0.25, 0.3) is 0 Å². The van der Waals surface area contributed by atoms with Crippen molar-refractivity contribution in [3.8, 4) is 0 Å². The highest BCUT2D eigenvalue weighted by molar-refractivity contribution is 5.32. The van der Waals surface area contributed by atoms with Crippen LogP contribution in [0.1, 0.15) is 40.0 Å². The van der Waals surface area contributed by atoms with Gasteiger partial charge in [0.05, 0.1) is 0 Å². The Balaban J connectivity index is 4.71. The zero-order chi connectivity index (χ0) is 12.2. The highest BCUT2D eigenvalue weighted by Crippen LogP contribution is 2.14. The molecule has 0 rings (SSSR count). The molecule has 0 heterocycles. The maximum Gasteiger partial charge on any atom is -0.00293 e. The smallest absolute Gasteiger partial charge is 0.00293 e. The summed E-state index contributed by atoms with van der Waals surface area (Å²) in [5.41, 5.74) is 2.64. The summed E-state index contributed by atoms with van der Waals surface area (Å²) in [5.74, 6) is 0. The number of hydrogen-bond acceptors (Lipinski definition) is 0. The lowest BCUT2D eigenvalue weighted by molar-refractivity contribution is 1.13. The summed E-state index contributed by atoms with van der Waals surface area (Å²) in [7, 11) is 0. The Morgan fingerprint density at radius 1 is 1.12 bits per heavy atom. The van der Waals surface area contributed by atoms with E-state index in [1.165, 1.54) is 11.1 Å². The molecule has 0 bridgehead atoms. The van der Waals surface area contributed by atoms with Gasteiger partial charge >= 0.3 is 0 Å². The molecule has 88 valence electrons. The molecule has 0 saturated carbocycles. The van der Waals surface area contributed by atoms with Gasteiger partial charge in [-0.1, -0.05) is 63.0 Å². The molecule has 0 aliphatic heterocycles. The Hall–Kier alpha value is -1.30. The van der Waals surface area contributed by atoms with E-state index < -0.39 is 0 Å². The number of allylic oxidation sites excluding steroid dienone is 9. The van der Waals surface area contributed by atoms with E-state index in [0.717, 1.165) is 19.3 Å². The predicted octanol–water partition coefficient (Wildman–Crippen LogP) is 5.37. The van der Waals surface area contributed by atoms with Crippen LogP contribution in [0.15, 0.2) is 60.3 Å². The van der Waals surface area contributed by atoms with Crippen molar-refractivity contribution >= 4 is 0 Å². The molecule has 0 aliphatic rings. The average molecular weight is 216 g/mol. The van der Waals surface area contributed by atoms with Crippen molar-refractivity contribution in [2.24, 2.45) is 0 Å². The van der Waals surface area contributed by atoms with Gasteiger partial charge < -0.3 is 0 Å². The first-order valence-corrected chi connectivity index (χ1v) is 6.08. The third kappa shape index (κ3) is 7.05. The SMILES string of the molecule is C=C/C(=C\CC)CC(/C=C\CC)=C/C=C\C. The molecule has 0 atom stereocenters. The van der Waals surface area contributed by atoms with E-state index >= 15 is 0 Å². The van der Waals surface area contributed by atoms with Crippen molar-refractivity contribution in [2.75, 3.05) is 0 Å². The maximum absolute atomic E-state index is 3.86. The minimum Gasteiger partial charge on any atom is -0.0988 e. The van der Waals surface area contributed by atoms with Crippen LogP contribution in [0, 0.1) is 0 Å². The van der Waals surface area contributed by atoms with Crippen LogP contribution in [-0.4, -0.2) is 0 Å². The lowest BCUT2D eigenvalue weighted by atomic mass is 10.0. The van der Waals surface area contributed by atoms with Crippen LogP contribution in [0.5, 0.6) is 0 Å². The molecule has 0 fully saturated rings. The predicted molar refractivity (Wildman–Crippen MR) is 75.5 cm³/mol. The Kier molecular flexibility index (Phi) is 9.39. The van der Waals surface area contributed by atoms with Gasteiger partial charge in [0.25, 0.3) is 0 Å². The van der Waals surface area contributed by atoms with Crippen molar-refractivity contribution in [2.45, 2.75) is 40.0 Å². The molecule has 16 heavy (non-hydrogen) atoms. The first-order valence-electron chi connectivity index (χ1n) is 6.08. The summed E-state index contributed by atoms with van der Waals surface area (Å²) < 4.78 is 0. The summed E-state index contributed by atoms with van der Waals surface area (Å²) >= 11 is 0. The molecular formula is C16H24. The van der Waals surface area contributed by atoms with Gasteiger partial charge in [-0.15, -0.1) is 0 Å². The van der Waals surface area contributed by atoms with Crippen molar-refractivity contribution in [3.63, 3.8) is 0 Å². The topological polar surface area (TPSA) is 0 Å². The van der Waals surface area contributed by atoms with Gasteiger partial charge in [-0.2, -0.15) is 0 Å². The van der Waals surface area contributed by atoms with Crippen LogP contribution in [0.2, 0.25) is 0 Å². The van der Waals surface area contributed by atoms with Gasteiger partial charge in [0, 0.05) is 0 Å². The first kappa shape index (κ1) is 14.7. The van der Waals surface area contributed by atoms with E-state index in [2.05, 4.69) is 56.9 Å². The number of rotatable bonds is 7. The molecule has 0 amide bonds. The molecule has 0 nitrogen and oxygen atoms in total. The monoisotopic (exact) mass is 216 g/mol. The maximum atomic E-state index is 3.86. The second-order valence-electron chi connectivity index (χ2n) is 3.65. The van der Waals surface area contributed by atoms with E-state index in [-0.39, 0.29) is 0 Å². The fraction of sp³-hybridized carbons (Fsp3) is 0.375. The van der Waals surface area contributed by atoms with Gasteiger partial charge in [-0.05, 0) is 37.3 Å². The van der Waals surface area contributed by atoms with Crippen molar-refractivity contribution in [1.82, 2.24) is 0 Å². The van der Waals surface area contributed by atoms with Crippen molar-refractivity contribution < 1.29 is 0 Å². The van der Waals surface area contributed by atoms with Crippen molar-refractivity contribution in [3.05, 3.63) is 60.3 Å². The number of hydrogen-bond donors (Lipinski definition) is 0. The van der Waals surface area contributed by atoms with E-state index in [9.17, 15) is 0 Å². The molecule has 0 spiro atoms. The third-order valence-corrected chi connectivity index (χ3v) is 2.21. The highest BCUT2D eigenvalue weighted by Gasteiger charge is 1.95. The van der Waals surface area contributed by atoms with Gasteiger partial charge in [-0.25, -0.2) is 0 Å². The molecule has 0 aromatic heterocycles. The molecule has 0 unspecified atom stereocenters. The minimum atomic E-state index is 0.970. The van der Waals surface area contributed by atoms with Crippen LogP contribution < -0.4 is 0 Å². The molecule has 0 aromatic carbocycles. The van der Waals surface area contributed by atoms with E-state index in [0.29, 0.717) is 0 Å². The Morgan fingerprint density at radius 2 is 1.88 bits per heavy atom. The van der Waals surface area contributed by atoms with E-state index in [4.69, 9.17) is 0 Å². The normalized spacial score (nSPS) is 13.9. The molecular weight excluding hydrogens is 192 g/mol. The molecule has 0 saturated heterocycles. The van der Waals surface area contributed by atoms with Crippen LogP contribution in [0.4, 0.5) is 0 Å². The van der Waals surface area contributed by atoms with Gasteiger partial charge in [0.1, 0.15) is 0 Å². The first-order chi connectivity index (χ1) is 7.78. The molecule has 0 N–H and O–H groups in total. The van der Waals surface area contributed by atoms with Crippen LogP contribution in [-0.2, 0) is 0 Å². The minimum absolute atomic E-state index is 0.970. The summed E-state index contributed by atoms with van der Waals surface area (Å²) in [6.07, 6.45) is 18.0. The lowest BCUT2D eigenvalue weighted by Gasteiger charge is -2.03. The van der Waals surface area contributed by atoms with E-state index in [1.54, 1.807) is 0 Å². The molecule has 0 heteroatoms. The lowest BCUT2D eigenvalue weighted by Crippen LogP contribution is -1.83.